The Morgan fingerprint density at radius 1 is 0.846 bits per heavy atom. The Kier molecular flexibility index (Phi) is 6.73. The summed E-state index contributed by atoms with van der Waals surface area (Å²) in [4.78, 5) is 10.1. The minimum atomic E-state index is -0.0661. The molecule has 6 rings (SSSR count). The van der Waals surface area contributed by atoms with Crippen LogP contribution in [0, 0.1) is 6.92 Å². The minimum absolute atomic E-state index is 0.0661. The molecule has 6 nitrogen and oxygen atoms in total. The molecule has 39 heavy (non-hydrogen) atoms. The molecule has 3 heterocycles. The third-order valence-corrected chi connectivity index (χ3v) is 7.69. The molecule has 0 spiro atoms. The van der Waals surface area contributed by atoms with Gasteiger partial charge in [0.1, 0.15) is 18.2 Å². The molecule has 1 fully saturated rings. The van der Waals surface area contributed by atoms with Gasteiger partial charge in [-0.3, -0.25) is 4.90 Å². The molecule has 200 valence electrons. The van der Waals surface area contributed by atoms with Crippen molar-refractivity contribution >= 4 is 22.2 Å². The molecule has 0 aliphatic carbocycles. The Hall–Kier alpha value is -3.90. The largest absolute Gasteiger partial charge is 0.492 e. The van der Waals surface area contributed by atoms with Gasteiger partial charge in [0.15, 0.2) is 5.65 Å². The molecule has 2 aromatic heterocycles. The number of piperazine rings is 1. The van der Waals surface area contributed by atoms with Crippen LogP contribution in [0.15, 0.2) is 78.9 Å². The Bertz CT molecular complexity index is 1590. The van der Waals surface area contributed by atoms with Crippen LogP contribution in [0.25, 0.3) is 27.5 Å². The molecule has 0 amide bonds. The monoisotopic (exact) mass is 519 g/mol. The molecule has 3 aromatic carbocycles. The molecular weight excluding hydrogens is 482 g/mol. The van der Waals surface area contributed by atoms with Gasteiger partial charge in [-0.15, -0.1) is 0 Å². The van der Waals surface area contributed by atoms with Gasteiger partial charge in [0.2, 0.25) is 0 Å². The molecular formula is C33H37N5O. The molecule has 0 unspecified atom stereocenters. The van der Waals surface area contributed by atoms with Crippen molar-refractivity contribution in [2.24, 2.45) is 0 Å². The number of anilines is 1. The summed E-state index contributed by atoms with van der Waals surface area (Å²) >= 11 is 0. The lowest BCUT2D eigenvalue weighted by Gasteiger charge is -2.36. The number of aromatic nitrogens is 3. The molecule has 0 N–H and O–H groups in total. The molecule has 5 aromatic rings. The first-order chi connectivity index (χ1) is 18.9. The van der Waals surface area contributed by atoms with Gasteiger partial charge in [-0.2, -0.15) is 9.61 Å². The number of fused-ring (bicyclic) bond motifs is 2. The summed E-state index contributed by atoms with van der Waals surface area (Å²) in [5.41, 5.74) is 5.24. The molecule has 1 saturated heterocycles. The van der Waals surface area contributed by atoms with E-state index >= 15 is 0 Å². The maximum Gasteiger partial charge on any atom is 0.165 e. The van der Waals surface area contributed by atoms with Crippen molar-refractivity contribution in [3.05, 3.63) is 90.3 Å². The highest BCUT2D eigenvalue weighted by atomic mass is 16.5. The fourth-order valence-corrected chi connectivity index (χ4v) is 5.47. The third-order valence-electron chi connectivity index (χ3n) is 7.69. The normalized spacial score (nSPS) is 14.8. The van der Waals surface area contributed by atoms with E-state index in [0.717, 1.165) is 72.5 Å². The topological polar surface area (TPSA) is 45.9 Å². The van der Waals surface area contributed by atoms with Gasteiger partial charge in [-0.25, -0.2) is 4.98 Å². The summed E-state index contributed by atoms with van der Waals surface area (Å²) in [5.74, 6) is 2.09. The van der Waals surface area contributed by atoms with Gasteiger partial charge in [0.25, 0.3) is 0 Å². The van der Waals surface area contributed by atoms with Crippen molar-refractivity contribution in [1.29, 1.82) is 0 Å². The fourth-order valence-electron chi connectivity index (χ4n) is 5.47. The van der Waals surface area contributed by atoms with Crippen LogP contribution in [0.3, 0.4) is 0 Å². The van der Waals surface area contributed by atoms with E-state index in [9.17, 15) is 0 Å². The van der Waals surface area contributed by atoms with Gasteiger partial charge >= 0.3 is 0 Å². The molecule has 0 saturated carbocycles. The summed E-state index contributed by atoms with van der Waals surface area (Å²) in [6.07, 6.45) is 0. The van der Waals surface area contributed by atoms with Gasteiger partial charge in [-0.1, -0.05) is 87.5 Å². The van der Waals surface area contributed by atoms with Crippen molar-refractivity contribution in [1.82, 2.24) is 19.5 Å². The lowest BCUT2D eigenvalue weighted by atomic mass is 9.91. The van der Waals surface area contributed by atoms with Crippen LogP contribution >= 0.6 is 0 Å². The predicted octanol–water partition coefficient (Wildman–Crippen LogP) is 6.36. The highest BCUT2D eigenvalue weighted by molar-refractivity contribution is 5.88. The standard InChI is InChI=1S/C33H37N5O/c1-24-31(26-12-6-5-7-13-26)32-34-29(33(2,3)4)23-30(38(32)35-24)37-19-17-36(18-20-37)21-22-39-28-16-10-14-25-11-8-9-15-27(25)28/h5-16,23H,17-22H2,1-4H3. The first kappa shape index (κ1) is 25.4. The van der Waals surface area contributed by atoms with Crippen LogP contribution in [0.4, 0.5) is 5.82 Å². The van der Waals surface area contributed by atoms with Crippen molar-refractivity contribution in [3.8, 4) is 16.9 Å². The van der Waals surface area contributed by atoms with E-state index in [0.29, 0.717) is 6.61 Å². The Balaban J connectivity index is 1.20. The number of hydrogen-bond acceptors (Lipinski definition) is 5. The van der Waals surface area contributed by atoms with Crippen molar-refractivity contribution in [3.63, 3.8) is 0 Å². The number of ether oxygens (including phenoxy) is 1. The van der Waals surface area contributed by atoms with Crippen LogP contribution in [0.2, 0.25) is 0 Å². The Labute approximate surface area is 230 Å². The summed E-state index contributed by atoms with van der Waals surface area (Å²) < 4.78 is 8.29. The van der Waals surface area contributed by atoms with Crippen LogP contribution in [0.5, 0.6) is 5.75 Å². The Morgan fingerprint density at radius 3 is 2.33 bits per heavy atom. The summed E-state index contributed by atoms with van der Waals surface area (Å²) in [5, 5.41) is 7.38. The highest BCUT2D eigenvalue weighted by Gasteiger charge is 2.26. The van der Waals surface area contributed by atoms with Gasteiger partial charge in [-0.05, 0) is 23.9 Å². The molecule has 0 atom stereocenters. The Morgan fingerprint density at radius 2 is 1.56 bits per heavy atom. The number of aryl methyl sites for hydroxylation is 1. The lowest BCUT2D eigenvalue weighted by molar-refractivity contribution is 0.201. The second-order valence-electron chi connectivity index (χ2n) is 11.5. The molecule has 1 aliphatic rings. The molecule has 1 aliphatic heterocycles. The summed E-state index contributed by atoms with van der Waals surface area (Å²) in [6.45, 7) is 14.2. The first-order valence-corrected chi connectivity index (χ1v) is 13.9. The van der Waals surface area contributed by atoms with Gasteiger partial charge < -0.3 is 9.64 Å². The number of hydrogen-bond donors (Lipinski definition) is 0. The SMILES string of the molecule is Cc1nn2c(N3CCN(CCOc4cccc5ccccc45)CC3)cc(C(C)(C)C)nc2c1-c1ccccc1. The van der Waals surface area contributed by atoms with Crippen LogP contribution < -0.4 is 9.64 Å². The molecule has 0 bridgehead atoms. The van der Waals surface area contributed by atoms with Gasteiger partial charge in [0, 0.05) is 55.2 Å². The van der Waals surface area contributed by atoms with Crippen molar-refractivity contribution in [2.45, 2.75) is 33.1 Å². The first-order valence-electron chi connectivity index (χ1n) is 13.9. The van der Waals surface area contributed by atoms with Gasteiger partial charge in [0.05, 0.1) is 11.4 Å². The number of rotatable bonds is 6. The van der Waals surface area contributed by atoms with E-state index in [-0.39, 0.29) is 5.41 Å². The van der Waals surface area contributed by atoms with E-state index < -0.39 is 0 Å². The number of benzene rings is 3. The van der Waals surface area contributed by atoms with Crippen molar-refractivity contribution in [2.75, 3.05) is 44.2 Å². The zero-order valence-corrected chi connectivity index (χ0v) is 23.4. The van der Waals surface area contributed by atoms with Crippen LogP contribution in [-0.4, -0.2) is 58.8 Å². The minimum Gasteiger partial charge on any atom is -0.492 e. The average molecular weight is 520 g/mol. The second kappa shape index (κ2) is 10.3. The fraction of sp³-hybridized carbons (Fsp3) is 0.333. The second-order valence-corrected chi connectivity index (χ2v) is 11.5. The maximum atomic E-state index is 6.22. The number of nitrogens with zero attached hydrogens (tertiary/aromatic N) is 5. The van der Waals surface area contributed by atoms with Crippen molar-refractivity contribution < 1.29 is 4.74 Å². The zero-order valence-electron chi connectivity index (χ0n) is 23.4. The van der Waals surface area contributed by atoms with E-state index in [1.54, 1.807) is 0 Å². The van der Waals surface area contributed by atoms with E-state index in [1.807, 2.05) is 0 Å². The molecule has 6 heteroatoms. The predicted molar refractivity (Wildman–Crippen MR) is 160 cm³/mol. The average Bonchev–Trinajstić information content (AvgIpc) is 3.29. The smallest absolute Gasteiger partial charge is 0.165 e. The van der Waals surface area contributed by atoms with E-state index in [1.165, 1.54) is 10.8 Å². The van der Waals surface area contributed by atoms with Crippen LogP contribution in [-0.2, 0) is 5.41 Å². The van der Waals surface area contributed by atoms with E-state index in [2.05, 4.69) is 121 Å². The highest BCUT2D eigenvalue weighted by Crippen LogP contribution is 2.33. The third kappa shape index (κ3) is 5.09. The molecule has 0 radical (unpaired) electrons. The summed E-state index contributed by atoms with van der Waals surface area (Å²) in [7, 11) is 0. The summed E-state index contributed by atoms with van der Waals surface area (Å²) in [6, 6.07) is 27.4. The quantitative estimate of drug-likeness (QED) is 0.261. The van der Waals surface area contributed by atoms with Crippen LogP contribution in [0.1, 0.15) is 32.2 Å². The van der Waals surface area contributed by atoms with E-state index in [4.69, 9.17) is 14.8 Å². The maximum absolute atomic E-state index is 6.22. The lowest BCUT2D eigenvalue weighted by Crippen LogP contribution is -2.48. The zero-order chi connectivity index (χ0) is 27.0.